The molecule has 0 unspecified atom stereocenters. The van der Waals surface area contributed by atoms with Crippen molar-refractivity contribution in [2.45, 2.75) is 17.4 Å². The van der Waals surface area contributed by atoms with Crippen LogP contribution in [0.1, 0.15) is 11.1 Å². The van der Waals surface area contributed by atoms with Gasteiger partial charge in [-0.3, -0.25) is 9.69 Å². The topological polar surface area (TPSA) is 52.6 Å². The van der Waals surface area contributed by atoms with Gasteiger partial charge in [-0.1, -0.05) is 18.2 Å². The Morgan fingerprint density at radius 3 is 2.07 bits per heavy atom. The van der Waals surface area contributed by atoms with Gasteiger partial charge in [0.2, 0.25) is 0 Å². The molecule has 2 heterocycles. The Morgan fingerprint density at radius 1 is 0.929 bits per heavy atom. The van der Waals surface area contributed by atoms with E-state index in [1.54, 1.807) is 0 Å². The monoisotopic (exact) mass is 402 g/mol. The molecule has 2 N–H and O–H groups in total. The molecule has 28 heavy (non-hydrogen) atoms. The number of carbonyl (C=O) groups is 1. The number of likely N-dealkylation sites (tertiary alicyclic amines) is 1. The number of halogens is 6. The summed E-state index contributed by atoms with van der Waals surface area (Å²) in [6.45, 7) is -2.96. The van der Waals surface area contributed by atoms with Crippen molar-refractivity contribution in [1.82, 2.24) is 4.90 Å². The third-order valence-electron chi connectivity index (χ3n) is 5.13. The van der Waals surface area contributed by atoms with Crippen LogP contribution >= 0.6 is 0 Å². The highest BCUT2D eigenvalue weighted by Gasteiger charge is 2.68. The third kappa shape index (κ3) is 2.27. The molecule has 148 valence electrons. The lowest BCUT2D eigenvalue weighted by atomic mass is 9.82. The normalized spacial score (nSPS) is 25.6. The Kier molecular flexibility index (Phi) is 3.74. The summed E-state index contributed by atoms with van der Waals surface area (Å²) >= 11 is 0. The first-order valence-corrected chi connectivity index (χ1v) is 8.11. The standard InChI is InChI=1S/C18H12F6N2O2/c19-12-6-5-11-14(13(12)20)25-15(28)18(11,9-1-3-10(27)4-2-9)26-7-16(21,22)17(23,24)8-26/h1-6,27H,7-8H2,(H,25,28)/t18-/m1/s1. The molecule has 2 aliphatic heterocycles. The minimum atomic E-state index is -4.43. The average molecular weight is 402 g/mol. The Morgan fingerprint density at radius 2 is 1.50 bits per heavy atom. The summed E-state index contributed by atoms with van der Waals surface area (Å²) in [4.78, 5) is 13.5. The van der Waals surface area contributed by atoms with E-state index in [0.717, 1.165) is 18.2 Å². The number of fused-ring (bicyclic) bond motifs is 1. The molecular formula is C18H12F6N2O2. The second kappa shape index (κ2) is 5.63. The predicted molar refractivity (Wildman–Crippen MR) is 85.3 cm³/mol. The smallest absolute Gasteiger partial charge is 0.323 e. The van der Waals surface area contributed by atoms with Crippen LogP contribution in [0.15, 0.2) is 36.4 Å². The molecule has 2 aromatic rings. The van der Waals surface area contributed by atoms with Crippen molar-refractivity contribution in [3.8, 4) is 5.75 Å². The maximum absolute atomic E-state index is 14.2. The van der Waals surface area contributed by atoms with Crippen molar-refractivity contribution < 1.29 is 36.2 Å². The van der Waals surface area contributed by atoms with Gasteiger partial charge >= 0.3 is 11.8 Å². The third-order valence-corrected chi connectivity index (χ3v) is 5.13. The molecule has 0 aliphatic carbocycles. The van der Waals surface area contributed by atoms with Crippen molar-refractivity contribution >= 4 is 11.6 Å². The van der Waals surface area contributed by atoms with E-state index < -0.39 is 53.7 Å². The number of amides is 1. The van der Waals surface area contributed by atoms with Crippen molar-refractivity contribution in [2.24, 2.45) is 0 Å². The van der Waals surface area contributed by atoms with E-state index >= 15 is 0 Å². The second-order valence-electron chi connectivity index (χ2n) is 6.76. The number of phenols is 1. The lowest BCUT2D eigenvalue weighted by Gasteiger charge is -2.37. The van der Waals surface area contributed by atoms with Crippen LogP contribution in [-0.4, -0.2) is 40.8 Å². The van der Waals surface area contributed by atoms with Gasteiger partial charge in [-0.25, -0.2) is 8.78 Å². The molecule has 4 nitrogen and oxygen atoms in total. The lowest BCUT2D eigenvalue weighted by molar-refractivity contribution is -0.172. The fourth-order valence-corrected chi connectivity index (χ4v) is 3.79. The minimum absolute atomic E-state index is 0.0546. The average Bonchev–Trinajstić information content (AvgIpc) is 3.02. The van der Waals surface area contributed by atoms with E-state index in [1.807, 2.05) is 0 Å². The van der Waals surface area contributed by atoms with E-state index in [1.165, 1.54) is 12.1 Å². The van der Waals surface area contributed by atoms with Gasteiger partial charge < -0.3 is 10.4 Å². The SMILES string of the molecule is O=C1Nc2c(ccc(F)c2F)[C@@]1(c1ccc(O)cc1)N1CC(F)(F)C(F)(F)C1. The van der Waals surface area contributed by atoms with Crippen LogP contribution in [0.4, 0.5) is 32.0 Å². The van der Waals surface area contributed by atoms with Gasteiger partial charge in [0.05, 0.1) is 18.8 Å². The molecule has 1 saturated heterocycles. The molecule has 2 aromatic carbocycles. The molecule has 0 aromatic heterocycles. The van der Waals surface area contributed by atoms with Gasteiger partial charge in [-0.05, 0) is 23.8 Å². The van der Waals surface area contributed by atoms with Gasteiger partial charge in [-0.2, -0.15) is 17.6 Å². The molecule has 0 saturated carbocycles. The van der Waals surface area contributed by atoms with E-state index in [0.29, 0.717) is 11.0 Å². The Balaban J connectivity index is 2.00. The van der Waals surface area contributed by atoms with Crippen LogP contribution in [-0.2, 0) is 10.3 Å². The first-order chi connectivity index (χ1) is 13.0. The molecule has 1 amide bonds. The summed E-state index contributed by atoms with van der Waals surface area (Å²) in [6.07, 6.45) is 0. The molecule has 0 spiro atoms. The highest BCUT2D eigenvalue weighted by atomic mass is 19.3. The molecule has 1 fully saturated rings. The number of phenolic OH excluding ortho intramolecular Hbond substituents is 1. The summed E-state index contributed by atoms with van der Waals surface area (Å²) in [5, 5.41) is 11.6. The molecule has 2 aliphatic rings. The number of nitrogens with one attached hydrogen (secondary N) is 1. The number of alkyl halides is 4. The number of benzene rings is 2. The first-order valence-electron chi connectivity index (χ1n) is 8.11. The van der Waals surface area contributed by atoms with Crippen molar-refractivity contribution in [3.63, 3.8) is 0 Å². The van der Waals surface area contributed by atoms with E-state index in [4.69, 9.17) is 0 Å². The quantitative estimate of drug-likeness (QED) is 0.757. The van der Waals surface area contributed by atoms with Gasteiger partial charge in [0, 0.05) is 5.56 Å². The minimum Gasteiger partial charge on any atom is -0.508 e. The maximum Gasteiger partial charge on any atom is 0.323 e. The second-order valence-corrected chi connectivity index (χ2v) is 6.76. The Bertz CT molecular complexity index is 963. The molecule has 4 rings (SSSR count). The first kappa shape index (κ1) is 18.6. The van der Waals surface area contributed by atoms with Crippen LogP contribution < -0.4 is 5.32 Å². The summed E-state index contributed by atoms with van der Waals surface area (Å²) in [7, 11) is 0. The predicted octanol–water partition coefficient (Wildman–Crippen LogP) is 3.45. The molecular weight excluding hydrogens is 390 g/mol. The van der Waals surface area contributed by atoms with Crippen LogP contribution in [0.25, 0.3) is 0 Å². The van der Waals surface area contributed by atoms with Crippen molar-refractivity contribution in [3.05, 3.63) is 59.2 Å². The highest BCUT2D eigenvalue weighted by Crippen LogP contribution is 2.52. The zero-order valence-corrected chi connectivity index (χ0v) is 13.9. The number of anilines is 1. The van der Waals surface area contributed by atoms with Gasteiger partial charge in [0.1, 0.15) is 5.75 Å². The number of hydrogen-bond acceptors (Lipinski definition) is 3. The highest BCUT2D eigenvalue weighted by molar-refractivity contribution is 6.08. The summed E-state index contributed by atoms with van der Waals surface area (Å²) < 4.78 is 83.6. The van der Waals surface area contributed by atoms with E-state index in [9.17, 15) is 36.2 Å². The van der Waals surface area contributed by atoms with Gasteiger partial charge in [0.25, 0.3) is 5.91 Å². The molecule has 1 atom stereocenters. The summed E-state index contributed by atoms with van der Waals surface area (Å²) in [5.41, 5.74) is -3.17. The van der Waals surface area contributed by atoms with Crippen LogP contribution in [0.5, 0.6) is 5.75 Å². The number of nitrogens with zero attached hydrogens (tertiary/aromatic N) is 1. The largest absolute Gasteiger partial charge is 0.508 e. The van der Waals surface area contributed by atoms with Crippen LogP contribution in [0.2, 0.25) is 0 Å². The number of rotatable bonds is 2. The Hall–Kier alpha value is -2.75. The molecule has 10 heteroatoms. The van der Waals surface area contributed by atoms with E-state index in [-0.39, 0.29) is 16.9 Å². The fraction of sp³-hybridized carbons (Fsp3) is 0.278. The molecule has 0 bridgehead atoms. The van der Waals surface area contributed by atoms with Crippen molar-refractivity contribution in [1.29, 1.82) is 0 Å². The van der Waals surface area contributed by atoms with Gasteiger partial charge in [0.15, 0.2) is 17.2 Å². The van der Waals surface area contributed by atoms with Crippen molar-refractivity contribution in [2.75, 3.05) is 18.4 Å². The molecule has 0 radical (unpaired) electrons. The van der Waals surface area contributed by atoms with E-state index in [2.05, 4.69) is 5.32 Å². The number of carbonyl (C=O) groups excluding carboxylic acids is 1. The number of hydrogen-bond donors (Lipinski definition) is 2. The zero-order valence-electron chi connectivity index (χ0n) is 13.9. The van der Waals surface area contributed by atoms with Gasteiger partial charge in [-0.15, -0.1) is 0 Å². The maximum atomic E-state index is 14.2. The lowest BCUT2D eigenvalue weighted by Crippen LogP contribution is -2.51. The number of aromatic hydroxyl groups is 1. The van der Waals surface area contributed by atoms with Crippen LogP contribution in [0, 0.1) is 11.6 Å². The van der Waals surface area contributed by atoms with Crippen LogP contribution in [0.3, 0.4) is 0 Å². The summed E-state index contributed by atoms with van der Waals surface area (Å²) in [5.74, 6) is -12.9. The fourth-order valence-electron chi connectivity index (χ4n) is 3.79. The Labute approximate surface area is 154 Å². The zero-order chi connectivity index (χ0) is 20.5. The summed E-state index contributed by atoms with van der Waals surface area (Å²) in [6, 6.07) is 6.31.